The summed E-state index contributed by atoms with van der Waals surface area (Å²) in [5, 5.41) is 8.86. The molecule has 22 heavy (non-hydrogen) atoms. The van der Waals surface area contributed by atoms with Gasteiger partial charge in [-0.05, 0) is 30.7 Å². The molecule has 0 saturated heterocycles. The SMILES string of the molecule is CCCCCCCCC(CCCCCCO)c1ccccc1. The van der Waals surface area contributed by atoms with Crippen molar-refractivity contribution in [3.63, 3.8) is 0 Å². The van der Waals surface area contributed by atoms with Crippen LogP contribution in [0.1, 0.15) is 95.5 Å². The topological polar surface area (TPSA) is 20.2 Å². The average molecular weight is 305 g/mol. The van der Waals surface area contributed by atoms with Crippen LogP contribution in [0.5, 0.6) is 0 Å². The lowest BCUT2D eigenvalue weighted by molar-refractivity contribution is 0.282. The molecule has 1 N–H and O–H groups in total. The Labute approximate surface area is 138 Å². The first kappa shape index (κ1) is 19.2. The maximum atomic E-state index is 8.86. The number of aliphatic hydroxyl groups excluding tert-OH is 1. The molecular formula is C21H36O. The van der Waals surface area contributed by atoms with Gasteiger partial charge in [-0.2, -0.15) is 0 Å². The fraction of sp³-hybridized carbons (Fsp3) is 0.714. The predicted octanol–water partition coefficient (Wildman–Crippen LogP) is 6.46. The van der Waals surface area contributed by atoms with E-state index in [4.69, 9.17) is 5.11 Å². The minimum atomic E-state index is 0.347. The molecule has 1 aromatic carbocycles. The van der Waals surface area contributed by atoms with E-state index in [1.807, 2.05) is 0 Å². The third-order valence-corrected chi connectivity index (χ3v) is 4.64. The summed E-state index contributed by atoms with van der Waals surface area (Å²) >= 11 is 0. The van der Waals surface area contributed by atoms with E-state index in [-0.39, 0.29) is 0 Å². The van der Waals surface area contributed by atoms with Crippen molar-refractivity contribution in [2.45, 2.75) is 89.9 Å². The third kappa shape index (κ3) is 9.25. The van der Waals surface area contributed by atoms with Gasteiger partial charge >= 0.3 is 0 Å². The molecule has 1 unspecified atom stereocenters. The van der Waals surface area contributed by atoms with Gasteiger partial charge in [0.15, 0.2) is 0 Å². The van der Waals surface area contributed by atoms with Crippen LogP contribution in [0, 0.1) is 0 Å². The lowest BCUT2D eigenvalue weighted by Crippen LogP contribution is -2.00. The maximum Gasteiger partial charge on any atom is 0.0431 e. The number of hydrogen-bond donors (Lipinski definition) is 1. The van der Waals surface area contributed by atoms with Crippen LogP contribution in [-0.2, 0) is 0 Å². The molecule has 0 spiro atoms. The van der Waals surface area contributed by atoms with Crippen LogP contribution in [0.4, 0.5) is 0 Å². The molecule has 1 aromatic rings. The van der Waals surface area contributed by atoms with E-state index in [1.165, 1.54) is 76.2 Å². The molecule has 0 saturated carbocycles. The molecule has 1 atom stereocenters. The molecule has 0 radical (unpaired) electrons. The van der Waals surface area contributed by atoms with E-state index < -0.39 is 0 Å². The summed E-state index contributed by atoms with van der Waals surface area (Å²) in [6.45, 7) is 2.63. The zero-order valence-electron chi connectivity index (χ0n) is 14.6. The van der Waals surface area contributed by atoms with Crippen molar-refractivity contribution >= 4 is 0 Å². The lowest BCUT2D eigenvalue weighted by Gasteiger charge is -2.17. The fourth-order valence-electron chi connectivity index (χ4n) is 3.23. The summed E-state index contributed by atoms with van der Waals surface area (Å²) in [6, 6.07) is 11.1. The molecule has 1 rings (SSSR count). The van der Waals surface area contributed by atoms with Gasteiger partial charge in [-0.25, -0.2) is 0 Å². The van der Waals surface area contributed by atoms with E-state index in [1.54, 1.807) is 0 Å². The molecule has 0 aliphatic heterocycles. The first-order valence-corrected chi connectivity index (χ1v) is 9.54. The Balaban J connectivity index is 2.29. The Hall–Kier alpha value is -0.820. The highest BCUT2D eigenvalue weighted by Crippen LogP contribution is 2.28. The van der Waals surface area contributed by atoms with E-state index in [9.17, 15) is 0 Å². The molecular weight excluding hydrogens is 268 g/mol. The molecule has 0 bridgehead atoms. The number of benzene rings is 1. The predicted molar refractivity (Wildman–Crippen MR) is 97.3 cm³/mol. The Bertz CT molecular complexity index is 333. The number of aliphatic hydroxyl groups is 1. The van der Waals surface area contributed by atoms with Gasteiger partial charge in [0.2, 0.25) is 0 Å². The van der Waals surface area contributed by atoms with Crippen LogP contribution in [0.25, 0.3) is 0 Å². The summed E-state index contributed by atoms with van der Waals surface area (Å²) in [5.41, 5.74) is 1.53. The average Bonchev–Trinajstić information content (AvgIpc) is 2.56. The van der Waals surface area contributed by atoms with Gasteiger partial charge < -0.3 is 5.11 Å². The second-order valence-electron chi connectivity index (χ2n) is 6.59. The van der Waals surface area contributed by atoms with Crippen molar-refractivity contribution in [2.24, 2.45) is 0 Å². The van der Waals surface area contributed by atoms with Crippen LogP contribution in [0.3, 0.4) is 0 Å². The van der Waals surface area contributed by atoms with Crippen LogP contribution in [0.2, 0.25) is 0 Å². The van der Waals surface area contributed by atoms with Crippen molar-refractivity contribution in [1.82, 2.24) is 0 Å². The highest BCUT2D eigenvalue weighted by Gasteiger charge is 2.10. The highest BCUT2D eigenvalue weighted by molar-refractivity contribution is 5.19. The smallest absolute Gasteiger partial charge is 0.0431 e. The van der Waals surface area contributed by atoms with Gasteiger partial charge in [0.1, 0.15) is 0 Å². The number of unbranched alkanes of at least 4 members (excludes halogenated alkanes) is 8. The third-order valence-electron chi connectivity index (χ3n) is 4.64. The quantitative estimate of drug-likeness (QED) is 0.391. The summed E-state index contributed by atoms with van der Waals surface area (Å²) in [6.07, 6.45) is 15.7. The van der Waals surface area contributed by atoms with Crippen LogP contribution >= 0.6 is 0 Å². The summed E-state index contributed by atoms with van der Waals surface area (Å²) in [5.74, 6) is 0.738. The largest absolute Gasteiger partial charge is 0.396 e. The van der Waals surface area contributed by atoms with Gasteiger partial charge in [-0.3, -0.25) is 0 Å². The van der Waals surface area contributed by atoms with Crippen LogP contribution in [-0.4, -0.2) is 11.7 Å². The van der Waals surface area contributed by atoms with Gasteiger partial charge in [0.25, 0.3) is 0 Å². The van der Waals surface area contributed by atoms with E-state index >= 15 is 0 Å². The lowest BCUT2D eigenvalue weighted by atomic mass is 9.88. The van der Waals surface area contributed by atoms with Crippen molar-refractivity contribution < 1.29 is 5.11 Å². The van der Waals surface area contributed by atoms with Crippen molar-refractivity contribution in [3.05, 3.63) is 35.9 Å². The van der Waals surface area contributed by atoms with E-state index in [0.717, 1.165) is 12.3 Å². The Kier molecular flexibility index (Phi) is 12.1. The standard InChI is InChI=1S/C21H36O/c1-2-3-4-5-6-10-15-20(16-11-7-8-14-19-22)21-17-12-9-13-18-21/h9,12-13,17-18,20,22H,2-8,10-11,14-16,19H2,1H3. The molecule has 0 aromatic heterocycles. The Morgan fingerprint density at radius 2 is 1.27 bits per heavy atom. The van der Waals surface area contributed by atoms with Crippen LogP contribution in [0.15, 0.2) is 30.3 Å². The van der Waals surface area contributed by atoms with Gasteiger partial charge in [-0.15, -0.1) is 0 Å². The number of rotatable bonds is 14. The van der Waals surface area contributed by atoms with Gasteiger partial charge in [-0.1, -0.05) is 95.0 Å². The number of hydrogen-bond acceptors (Lipinski definition) is 1. The molecule has 126 valence electrons. The van der Waals surface area contributed by atoms with Crippen molar-refractivity contribution in [1.29, 1.82) is 0 Å². The van der Waals surface area contributed by atoms with Crippen molar-refractivity contribution in [3.8, 4) is 0 Å². The Morgan fingerprint density at radius 1 is 0.727 bits per heavy atom. The molecule has 1 nitrogen and oxygen atoms in total. The highest BCUT2D eigenvalue weighted by atomic mass is 16.2. The minimum absolute atomic E-state index is 0.347. The molecule has 0 aliphatic carbocycles. The van der Waals surface area contributed by atoms with Gasteiger partial charge in [0, 0.05) is 6.61 Å². The molecule has 0 heterocycles. The van der Waals surface area contributed by atoms with Crippen LogP contribution < -0.4 is 0 Å². The normalized spacial score (nSPS) is 12.5. The van der Waals surface area contributed by atoms with E-state index in [0.29, 0.717) is 6.61 Å². The molecule has 1 heteroatoms. The minimum Gasteiger partial charge on any atom is -0.396 e. The van der Waals surface area contributed by atoms with Crippen molar-refractivity contribution in [2.75, 3.05) is 6.61 Å². The molecule has 0 fully saturated rings. The zero-order chi connectivity index (χ0) is 15.9. The maximum absolute atomic E-state index is 8.86. The summed E-state index contributed by atoms with van der Waals surface area (Å²) < 4.78 is 0. The first-order chi connectivity index (χ1) is 10.9. The van der Waals surface area contributed by atoms with E-state index in [2.05, 4.69) is 37.3 Å². The second-order valence-corrected chi connectivity index (χ2v) is 6.59. The van der Waals surface area contributed by atoms with Gasteiger partial charge in [0.05, 0.1) is 0 Å². The Morgan fingerprint density at radius 3 is 1.86 bits per heavy atom. The molecule has 0 aliphatic rings. The second kappa shape index (κ2) is 13.8. The zero-order valence-corrected chi connectivity index (χ0v) is 14.6. The summed E-state index contributed by atoms with van der Waals surface area (Å²) in [7, 11) is 0. The first-order valence-electron chi connectivity index (χ1n) is 9.54. The monoisotopic (exact) mass is 304 g/mol. The summed E-state index contributed by atoms with van der Waals surface area (Å²) in [4.78, 5) is 0. The molecule has 0 amide bonds. The fourth-order valence-corrected chi connectivity index (χ4v) is 3.23.